The molecule has 1 fully saturated rings. The first-order chi connectivity index (χ1) is 12.7. The number of nitrogens with zero attached hydrogens (tertiary/aromatic N) is 4. The van der Waals surface area contributed by atoms with Gasteiger partial charge in [-0.3, -0.25) is 4.90 Å². The first kappa shape index (κ1) is 17.2. The van der Waals surface area contributed by atoms with Gasteiger partial charge in [-0.2, -0.15) is 0 Å². The number of piperazine rings is 1. The number of hydrogen-bond acceptors (Lipinski definition) is 6. The third kappa shape index (κ3) is 3.15. The standard InChI is InChI=1S/C20H24N4OS/c1-14-13-17(16-5-4-6-18(25-3)19(16)22-14)24-10-8-23(9-11-24)15(2)20-21-7-12-26-20/h4-7,12-13,15H,8-11H2,1-3H3. The quantitative estimate of drug-likeness (QED) is 0.699. The first-order valence-corrected chi connectivity index (χ1v) is 9.88. The van der Waals surface area contributed by atoms with Gasteiger partial charge >= 0.3 is 0 Å². The third-order valence-corrected chi connectivity index (χ3v) is 6.09. The normalized spacial score (nSPS) is 16.8. The van der Waals surface area contributed by atoms with Gasteiger partial charge in [-0.25, -0.2) is 9.97 Å². The van der Waals surface area contributed by atoms with Crippen LogP contribution in [0.15, 0.2) is 35.8 Å². The monoisotopic (exact) mass is 368 g/mol. The molecule has 0 bridgehead atoms. The zero-order chi connectivity index (χ0) is 18.1. The van der Waals surface area contributed by atoms with E-state index in [2.05, 4.69) is 46.1 Å². The van der Waals surface area contributed by atoms with E-state index in [-0.39, 0.29) is 0 Å². The summed E-state index contributed by atoms with van der Waals surface area (Å²) in [7, 11) is 1.71. The van der Waals surface area contributed by atoms with E-state index in [9.17, 15) is 0 Å². The maximum Gasteiger partial charge on any atom is 0.145 e. The number of ether oxygens (including phenoxy) is 1. The molecule has 1 aliphatic rings. The highest BCUT2D eigenvalue weighted by Crippen LogP contribution is 2.33. The Morgan fingerprint density at radius 3 is 2.69 bits per heavy atom. The number of rotatable bonds is 4. The van der Waals surface area contributed by atoms with Gasteiger partial charge in [0.1, 0.15) is 16.3 Å². The minimum absolute atomic E-state index is 0.383. The predicted molar refractivity (Wildman–Crippen MR) is 107 cm³/mol. The van der Waals surface area contributed by atoms with Crippen LogP contribution in [0.2, 0.25) is 0 Å². The Bertz CT molecular complexity index is 888. The Hall–Kier alpha value is -2.18. The molecule has 0 saturated carbocycles. The zero-order valence-corrected chi connectivity index (χ0v) is 16.3. The van der Waals surface area contributed by atoms with Crippen LogP contribution in [0, 0.1) is 6.92 Å². The van der Waals surface area contributed by atoms with Gasteiger partial charge in [-0.05, 0) is 26.0 Å². The van der Waals surface area contributed by atoms with Crippen molar-refractivity contribution in [2.24, 2.45) is 0 Å². The number of methoxy groups -OCH3 is 1. The molecule has 0 aliphatic carbocycles. The number of aromatic nitrogens is 2. The molecule has 0 spiro atoms. The third-order valence-electron chi connectivity index (χ3n) is 5.14. The van der Waals surface area contributed by atoms with Crippen LogP contribution in [-0.4, -0.2) is 48.2 Å². The molecule has 1 saturated heterocycles. The Kier molecular flexibility index (Phi) is 4.78. The molecule has 136 valence electrons. The molecular formula is C20H24N4OS. The molecule has 0 amide bonds. The van der Waals surface area contributed by atoms with E-state index in [1.807, 2.05) is 18.3 Å². The highest BCUT2D eigenvalue weighted by Gasteiger charge is 2.24. The van der Waals surface area contributed by atoms with Gasteiger partial charge < -0.3 is 9.64 Å². The van der Waals surface area contributed by atoms with Crippen LogP contribution in [0.25, 0.3) is 10.9 Å². The lowest BCUT2D eigenvalue weighted by Crippen LogP contribution is -2.47. The van der Waals surface area contributed by atoms with Gasteiger partial charge in [0, 0.05) is 54.5 Å². The summed E-state index contributed by atoms with van der Waals surface area (Å²) >= 11 is 1.74. The van der Waals surface area contributed by atoms with Crippen LogP contribution in [0.1, 0.15) is 23.7 Å². The molecule has 5 nitrogen and oxygen atoms in total. The number of anilines is 1. The molecule has 1 aromatic carbocycles. The molecule has 1 atom stereocenters. The summed E-state index contributed by atoms with van der Waals surface area (Å²) in [5.41, 5.74) is 3.23. The fraction of sp³-hybridized carbons (Fsp3) is 0.400. The molecule has 1 unspecified atom stereocenters. The van der Waals surface area contributed by atoms with E-state index in [0.29, 0.717) is 6.04 Å². The van der Waals surface area contributed by atoms with Crippen molar-refractivity contribution < 1.29 is 4.74 Å². The van der Waals surface area contributed by atoms with Crippen molar-refractivity contribution in [1.82, 2.24) is 14.9 Å². The molecule has 1 aliphatic heterocycles. The van der Waals surface area contributed by atoms with Crippen molar-refractivity contribution in [3.8, 4) is 5.75 Å². The Labute approximate surface area is 158 Å². The second kappa shape index (κ2) is 7.21. The average Bonchev–Trinajstić information content (AvgIpc) is 3.21. The van der Waals surface area contributed by atoms with Gasteiger partial charge in [-0.1, -0.05) is 12.1 Å². The van der Waals surface area contributed by atoms with E-state index in [4.69, 9.17) is 9.72 Å². The number of thiazole rings is 1. The number of benzene rings is 1. The molecule has 0 radical (unpaired) electrons. The minimum atomic E-state index is 0.383. The molecule has 2 aromatic heterocycles. The maximum atomic E-state index is 5.52. The summed E-state index contributed by atoms with van der Waals surface area (Å²) in [5.74, 6) is 0.837. The van der Waals surface area contributed by atoms with Crippen molar-refractivity contribution >= 4 is 27.9 Å². The van der Waals surface area contributed by atoms with Crippen molar-refractivity contribution in [2.45, 2.75) is 19.9 Å². The van der Waals surface area contributed by atoms with Crippen molar-refractivity contribution in [3.63, 3.8) is 0 Å². The van der Waals surface area contributed by atoms with Crippen LogP contribution in [0.5, 0.6) is 5.75 Å². The van der Waals surface area contributed by atoms with E-state index < -0.39 is 0 Å². The lowest BCUT2D eigenvalue weighted by Gasteiger charge is -2.39. The molecule has 4 rings (SSSR count). The van der Waals surface area contributed by atoms with Crippen molar-refractivity contribution in [3.05, 3.63) is 46.5 Å². The summed E-state index contributed by atoms with van der Waals surface area (Å²) in [6.07, 6.45) is 1.89. The molecule has 26 heavy (non-hydrogen) atoms. The molecule has 6 heteroatoms. The van der Waals surface area contributed by atoms with E-state index >= 15 is 0 Å². The van der Waals surface area contributed by atoms with E-state index in [1.165, 1.54) is 10.7 Å². The van der Waals surface area contributed by atoms with Gasteiger partial charge in [0.25, 0.3) is 0 Å². The highest BCUT2D eigenvalue weighted by atomic mass is 32.1. The summed E-state index contributed by atoms with van der Waals surface area (Å²) in [5, 5.41) is 4.42. The van der Waals surface area contributed by atoms with Crippen LogP contribution in [0.3, 0.4) is 0 Å². The fourth-order valence-electron chi connectivity index (χ4n) is 3.70. The Morgan fingerprint density at radius 2 is 2.00 bits per heavy atom. The van der Waals surface area contributed by atoms with Gasteiger partial charge in [0.2, 0.25) is 0 Å². The summed E-state index contributed by atoms with van der Waals surface area (Å²) in [4.78, 5) is 14.2. The predicted octanol–water partition coefficient (Wildman–Crippen LogP) is 3.89. The zero-order valence-electron chi connectivity index (χ0n) is 15.5. The Balaban J connectivity index is 1.58. The summed E-state index contributed by atoms with van der Waals surface area (Å²) in [6, 6.07) is 8.74. The highest BCUT2D eigenvalue weighted by molar-refractivity contribution is 7.09. The maximum absolute atomic E-state index is 5.52. The smallest absolute Gasteiger partial charge is 0.145 e. The minimum Gasteiger partial charge on any atom is -0.494 e. The summed E-state index contributed by atoms with van der Waals surface area (Å²) < 4.78 is 5.52. The number of para-hydroxylation sites is 1. The molecule has 0 N–H and O–H groups in total. The number of pyridine rings is 1. The lowest BCUT2D eigenvalue weighted by atomic mass is 10.1. The number of aryl methyl sites for hydroxylation is 1. The molecule has 3 aromatic rings. The largest absolute Gasteiger partial charge is 0.494 e. The van der Waals surface area contributed by atoms with Gasteiger partial charge in [0.15, 0.2) is 0 Å². The van der Waals surface area contributed by atoms with Crippen molar-refractivity contribution in [2.75, 3.05) is 38.2 Å². The number of hydrogen-bond donors (Lipinski definition) is 0. The van der Waals surface area contributed by atoms with Crippen LogP contribution < -0.4 is 9.64 Å². The first-order valence-electron chi connectivity index (χ1n) is 9.00. The fourth-order valence-corrected chi connectivity index (χ4v) is 4.43. The Morgan fingerprint density at radius 1 is 1.19 bits per heavy atom. The van der Waals surface area contributed by atoms with Crippen LogP contribution in [0.4, 0.5) is 5.69 Å². The van der Waals surface area contributed by atoms with Gasteiger partial charge in [0.05, 0.1) is 13.2 Å². The molecular weight excluding hydrogens is 344 g/mol. The van der Waals surface area contributed by atoms with Gasteiger partial charge in [-0.15, -0.1) is 11.3 Å². The van der Waals surface area contributed by atoms with E-state index in [1.54, 1.807) is 18.4 Å². The lowest BCUT2D eigenvalue weighted by molar-refractivity contribution is 0.198. The average molecular weight is 369 g/mol. The topological polar surface area (TPSA) is 41.5 Å². The van der Waals surface area contributed by atoms with Crippen molar-refractivity contribution in [1.29, 1.82) is 0 Å². The van der Waals surface area contributed by atoms with Crippen LogP contribution in [-0.2, 0) is 0 Å². The van der Waals surface area contributed by atoms with Crippen LogP contribution >= 0.6 is 11.3 Å². The van der Waals surface area contributed by atoms with E-state index in [0.717, 1.165) is 48.5 Å². The summed E-state index contributed by atoms with van der Waals surface area (Å²) in [6.45, 7) is 8.39. The second-order valence-electron chi connectivity index (χ2n) is 6.71. The second-order valence-corrected chi connectivity index (χ2v) is 7.63. The molecule has 3 heterocycles. The SMILES string of the molecule is COc1cccc2c(N3CCN(C(C)c4nccs4)CC3)cc(C)nc12. The number of fused-ring (bicyclic) bond motifs is 1.